The van der Waals surface area contributed by atoms with Crippen molar-refractivity contribution in [2.45, 2.75) is 0 Å². The SMILES string of the molecule is [C].[C].[C].[N-3].[N-3].[N-3].[N-3].[N-3].[V+5].[V+5].[V+5]. The van der Waals surface area contributed by atoms with Crippen LogP contribution in [-0.4, -0.2) is 0 Å². The minimum Gasteiger partial charge on any atom is -3.00 e. The summed E-state index contributed by atoms with van der Waals surface area (Å²) < 4.78 is 0. The second-order valence-corrected chi connectivity index (χ2v) is 0. The molecule has 0 aliphatic heterocycles. The Morgan fingerprint density at radius 2 is 0.273 bits per heavy atom. The summed E-state index contributed by atoms with van der Waals surface area (Å²) in [5.74, 6) is 0. The van der Waals surface area contributed by atoms with Gasteiger partial charge in [0.15, 0.2) is 0 Å². The van der Waals surface area contributed by atoms with Crippen LogP contribution in [0.1, 0.15) is 0 Å². The molecule has 0 atom stereocenters. The fraction of sp³-hybridized carbons (Fsp3) is 0. The molecular formula is C3N5V3. The molecule has 12 radical (unpaired) electrons. The molecule has 5 nitrogen and oxygen atoms in total. The van der Waals surface area contributed by atoms with E-state index in [9.17, 15) is 0 Å². The molecule has 11 heavy (non-hydrogen) atoms. The molecule has 0 fully saturated rings. The normalized spacial score (nSPS) is 0. The molecule has 0 spiro atoms. The first-order valence-electron chi connectivity index (χ1n) is 0. The van der Waals surface area contributed by atoms with Gasteiger partial charge in [0.05, 0.1) is 0 Å². The van der Waals surface area contributed by atoms with Crippen LogP contribution in [0.25, 0.3) is 30.8 Å². The van der Waals surface area contributed by atoms with Crippen molar-refractivity contribution < 1.29 is 55.7 Å². The zero-order chi connectivity index (χ0) is 0. The quantitative estimate of drug-likeness (QED) is 0.620. The third-order valence-corrected chi connectivity index (χ3v) is 0. The maximum atomic E-state index is 0. The predicted molar refractivity (Wildman–Crippen MR) is 26.5 cm³/mol. The van der Waals surface area contributed by atoms with Crippen molar-refractivity contribution in [2.24, 2.45) is 0 Å². The van der Waals surface area contributed by atoms with Crippen molar-refractivity contribution in [1.82, 2.24) is 0 Å². The summed E-state index contributed by atoms with van der Waals surface area (Å²) in [6.45, 7) is 0. The van der Waals surface area contributed by atoms with E-state index < -0.39 is 0 Å². The van der Waals surface area contributed by atoms with Crippen molar-refractivity contribution >= 4 is 0 Å². The topological polar surface area (TPSA) is 152 Å². The third-order valence-electron chi connectivity index (χ3n) is 0. The number of hydrogen-bond acceptors (Lipinski definition) is 0. The molecule has 0 saturated heterocycles. The summed E-state index contributed by atoms with van der Waals surface area (Å²) in [5, 5.41) is 0. The number of rotatable bonds is 0. The Bertz CT molecular complexity index is 16.9. The van der Waals surface area contributed by atoms with Gasteiger partial charge in [0.1, 0.15) is 0 Å². The average molecular weight is 259 g/mol. The molecule has 0 amide bonds. The Kier molecular flexibility index (Phi) is 33700. The van der Waals surface area contributed by atoms with E-state index in [0.29, 0.717) is 0 Å². The first kappa shape index (κ1) is 695. The maximum absolute atomic E-state index is 0. The monoisotopic (exact) mass is 259 g/mol. The van der Waals surface area contributed by atoms with E-state index >= 15 is 0 Å². The summed E-state index contributed by atoms with van der Waals surface area (Å²) in [5.41, 5.74) is 0. The minimum absolute atomic E-state index is 0. The van der Waals surface area contributed by atoms with Gasteiger partial charge in [-0.3, -0.25) is 0 Å². The second kappa shape index (κ2) is 533. The Morgan fingerprint density at radius 1 is 0.273 bits per heavy atom. The summed E-state index contributed by atoms with van der Waals surface area (Å²) in [6, 6.07) is 0. The second-order valence-electron chi connectivity index (χ2n) is 0. The first-order chi connectivity index (χ1) is 0. The van der Waals surface area contributed by atoms with E-state index in [0.717, 1.165) is 0 Å². The molecule has 0 aromatic heterocycles. The Labute approximate surface area is 108 Å². The molecule has 0 aromatic carbocycles. The Balaban J connectivity index is 0. The van der Waals surface area contributed by atoms with Crippen LogP contribution in [0, 0.1) is 22.3 Å². The molecule has 0 saturated carbocycles. The van der Waals surface area contributed by atoms with Crippen molar-refractivity contribution in [1.29, 1.82) is 0 Å². The number of hydrogen-bond donors (Lipinski definition) is 0. The van der Waals surface area contributed by atoms with E-state index in [4.69, 9.17) is 0 Å². The van der Waals surface area contributed by atoms with Gasteiger partial charge in [-0.15, -0.1) is 0 Å². The molecule has 0 bridgehead atoms. The molecule has 0 unspecified atom stereocenters. The van der Waals surface area contributed by atoms with Gasteiger partial charge in [-0.1, -0.05) is 0 Å². The van der Waals surface area contributed by atoms with Gasteiger partial charge in [-0.2, -0.15) is 0 Å². The van der Waals surface area contributed by atoms with E-state index in [2.05, 4.69) is 0 Å². The number of nitrogens with zero attached hydrogens (tertiary/aromatic N) is 5. The molecule has 0 aliphatic rings. The molecule has 0 aromatic rings. The molecule has 8 heteroatoms. The smallest absolute Gasteiger partial charge is 3.00 e. The van der Waals surface area contributed by atoms with Gasteiger partial charge in [0.2, 0.25) is 0 Å². The molecular weight excluding hydrogens is 259 g/mol. The molecule has 52 valence electrons. The van der Waals surface area contributed by atoms with Gasteiger partial charge in [-0.05, 0) is 0 Å². The standard InChI is InChI=1S/3C.5N.3V/q;;;5*-3;3*+5. The van der Waals surface area contributed by atoms with Crippen LogP contribution < -0.4 is 0 Å². The Hall–Kier alpha value is 1.55. The van der Waals surface area contributed by atoms with Crippen LogP contribution >= 0.6 is 0 Å². The van der Waals surface area contributed by atoms with Crippen molar-refractivity contribution in [3.05, 3.63) is 53.0 Å². The van der Waals surface area contributed by atoms with Crippen LogP contribution in [0.4, 0.5) is 0 Å². The van der Waals surface area contributed by atoms with Gasteiger partial charge in [0, 0.05) is 22.3 Å². The maximum Gasteiger partial charge on any atom is 5.00 e. The zero-order valence-electron chi connectivity index (χ0n) is 5.08. The van der Waals surface area contributed by atoms with Crippen molar-refractivity contribution in [2.75, 3.05) is 0 Å². The van der Waals surface area contributed by atoms with Gasteiger partial charge in [-0.25, -0.2) is 0 Å². The molecule has 0 rings (SSSR count). The van der Waals surface area contributed by atoms with Crippen LogP contribution in [0.2, 0.25) is 0 Å². The van der Waals surface area contributed by atoms with E-state index in [1.165, 1.54) is 0 Å². The van der Waals surface area contributed by atoms with Gasteiger partial charge in [0.25, 0.3) is 0 Å². The van der Waals surface area contributed by atoms with Crippen LogP contribution in [0.5, 0.6) is 0 Å². The van der Waals surface area contributed by atoms with Crippen LogP contribution in [0.15, 0.2) is 0 Å². The van der Waals surface area contributed by atoms with Crippen LogP contribution in [-0.2, 0) is 55.7 Å². The van der Waals surface area contributed by atoms with Gasteiger partial charge < -0.3 is 30.8 Å². The average Bonchev–Trinajstić information content (AvgIpc) is 0. The molecule has 0 heterocycles. The summed E-state index contributed by atoms with van der Waals surface area (Å²) >= 11 is 0. The fourth-order valence-corrected chi connectivity index (χ4v) is 0. The predicted octanol–water partition coefficient (Wildman–Crippen LogP) is 1.68. The van der Waals surface area contributed by atoms with Crippen molar-refractivity contribution in [3.8, 4) is 0 Å². The Morgan fingerprint density at radius 3 is 0.273 bits per heavy atom. The molecule has 0 N–H and O–H groups in total. The van der Waals surface area contributed by atoms with Gasteiger partial charge >= 0.3 is 55.7 Å². The summed E-state index contributed by atoms with van der Waals surface area (Å²) in [6.07, 6.45) is 0. The summed E-state index contributed by atoms with van der Waals surface area (Å²) in [4.78, 5) is 0. The fourth-order valence-electron chi connectivity index (χ4n) is 0. The van der Waals surface area contributed by atoms with Crippen LogP contribution in [0.3, 0.4) is 0 Å². The van der Waals surface area contributed by atoms with E-state index in [-0.39, 0.29) is 109 Å². The first-order valence-corrected chi connectivity index (χ1v) is 0. The van der Waals surface area contributed by atoms with Crippen molar-refractivity contribution in [3.63, 3.8) is 0 Å². The van der Waals surface area contributed by atoms with E-state index in [1.807, 2.05) is 0 Å². The zero-order valence-corrected chi connectivity index (χ0v) is 9.27. The van der Waals surface area contributed by atoms with E-state index in [1.54, 1.807) is 0 Å². The minimum atomic E-state index is 0. The summed E-state index contributed by atoms with van der Waals surface area (Å²) in [7, 11) is 0. The third kappa shape index (κ3) is 437. The molecule has 0 aliphatic carbocycles. The largest absolute Gasteiger partial charge is 5.00 e.